The SMILES string of the molecule is CCCOP(=O)(OC)OC[C@@H](COC(C)=O)OCCCC(C)=O. The number of Topliss-reactive ketones (excluding diaryl/α,β-unsaturated/α-hetero) is 1. The van der Waals surface area contributed by atoms with Gasteiger partial charge in [-0.05, 0) is 19.8 Å². The fraction of sp³-hybridized carbons (Fsp3) is 0.857. The summed E-state index contributed by atoms with van der Waals surface area (Å²) < 4.78 is 37.5. The average molecular weight is 354 g/mol. The number of hydrogen-bond acceptors (Lipinski definition) is 8. The van der Waals surface area contributed by atoms with E-state index in [0.29, 0.717) is 25.9 Å². The smallest absolute Gasteiger partial charge is 0.463 e. The summed E-state index contributed by atoms with van der Waals surface area (Å²) in [5.74, 6) is -0.391. The summed E-state index contributed by atoms with van der Waals surface area (Å²) in [4.78, 5) is 21.8. The van der Waals surface area contributed by atoms with Crippen LogP contribution in [0, 0.1) is 0 Å². The third-order valence-corrected chi connectivity index (χ3v) is 4.01. The second-order valence-electron chi connectivity index (χ2n) is 4.86. The molecular weight excluding hydrogens is 327 g/mol. The largest absolute Gasteiger partial charge is 0.474 e. The first-order valence-corrected chi connectivity index (χ1v) is 8.98. The molecule has 0 fully saturated rings. The molecule has 0 N–H and O–H groups in total. The number of ketones is 1. The highest BCUT2D eigenvalue weighted by Crippen LogP contribution is 2.48. The van der Waals surface area contributed by atoms with Crippen LogP contribution in [0.2, 0.25) is 0 Å². The van der Waals surface area contributed by atoms with Gasteiger partial charge in [0.25, 0.3) is 0 Å². The lowest BCUT2D eigenvalue weighted by Crippen LogP contribution is -2.27. The van der Waals surface area contributed by atoms with E-state index < -0.39 is 19.9 Å². The number of esters is 1. The van der Waals surface area contributed by atoms with E-state index >= 15 is 0 Å². The first kappa shape index (κ1) is 22.2. The minimum Gasteiger partial charge on any atom is -0.463 e. The Morgan fingerprint density at radius 3 is 2.30 bits per heavy atom. The predicted molar refractivity (Wildman–Crippen MR) is 83.1 cm³/mol. The molecule has 0 radical (unpaired) electrons. The molecule has 0 aliphatic heterocycles. The molecule has 0 aromatic heterocycles. The Morgan fingerprint density at radius 1 is 1.09 bits per heavy atom. The highest BCUT2D eigenvalue weighted by molar-refractivity contribution is 7.48. The normalized spacial score (nSPS) is 15.0. The summed E-state index contributed by atoms with van der Waals surface area (Å²) in [5, 5.41) is 0. The molecule has 0 aliphatic carbocycles. The zero-order chi connectivity index (χ0) is 17.7. The topological polar surface area (TPSA) is 97.4 Å². The van der Waals surface area contributed by atoms with Gasteiger partial charge in [0.2, 0.25) is 0 Å². The van der Waals surface area contributed by atoms with Gasteiger partial charge in [0.15, 0.2) is 0 Å². The molecule has 1 unspecified atom stereocenters. The van der Waals surface area contributed by atoms with Crippen LogP contribution in [-0.4, -0.2) is 51.4 Å². The van der Waals surface area contributed by atoms with Gasteiger partial charge < -0.3 is 14.3 Å². The zero-order valence-electron chi connectivity index (χ0n) is 14.2. The first-order valence-electron chi connectivity index (χ1n) is 7.52. The molecule has 2 atom stereocenters. The van der Waals surface area contributed by atoms with Gasteiger partial charge in [-0.2, -0.15) is 0 Å². The average Bonchev–Trinajstić information content (AvgIpc) is 2.50. The van der Waals surface area contributed by atoms with Gasteiger partial charge in [-0.1, -0.05) is 6.92 Å². The van der Waals surface area contributed by atoms with E-state index in [1.807, 2.05) is 6.92 Å². The van der Waals surface area contributed by atoms with Crippen LogP contribution in [0.25, 0.3) is 0 Å². The monoisotopic (exact) mass is 354 g/mol. The maximum atomic E-state index is 12.1. The molecule has 0 saturated heterocycles. The molecule has 0 spiro atoms. The Labute approximate surface area is 137 Å². The van der Waals surface area contributed by atoms with Gasteiger partial charge >= 0.3 is 13.8 Å². The summed E-state index contributed by atoms with van der Waals surface area (Å²) in [7, 11) is -2.42. The first-order chi connectivity index (χ1) is 10.8. The molecule has 23 heavy (non-hydrogen) atoms. The van der Waals surface area contributed by atoms with Crippen molar-refractivity contribution in [1.29, 1.82) is 0 Å². The molecule has 0 aromatic carbocycles. The minimum atomic E-state index is -3.65. The Kier molecular flexibility index (Phi) is 12.2. The van der Waals surface area contributed by atoms with Gasteiger partial charge in [0.05, 0.1) is 13.2 Å². The Bertz CT molecular complexity index is 398. The number of hydrogen-bond donors (Lipinski definition) is 0. The fourth-order valence-corrected chi connectivity index (χ4v) is 2.49. The molecule has 0 aliphatic rings. The van der Waals surface area contributed by atoms with Crippen molar-refractivity contribution in [3.63, 3.8) is 0 Å². The lowest BCUT2D eigenvalue weighted by molar-refractivity contribution is -0.146. The number of carbonyl (C=O) groups is 2. The fourth-order valence-electron chi connectivity index (χ4n) is 1.45. The van der Waals surface area contributed by atoms with E-state index in [9.17, 15) is 14.2 Å². The van der Waals surface area contributed by atoms with Gasteiger partial charge in [-0.3, -0.25) is 18.4 Å². The molecule has 0 heterocycles. The molecule has 0 aromatic rings. The second kappa shape index (κ2) is 12.6. The van der Waals surface area contributed by atoms with E-state index in [1.165, 1.54) is 21.0 Å². The van der Waals surface area contributed by atoms with Gasteiger partial charge in [0.1, 0.15) is 18.5 Å². The van der Waals surface area contributed by atoms with Crippen molar-refractivity contribution in [2.45, 2.75) is 46.1 Å². The van der Waals surface area contributed by atoms with Crippen LogP contribution in [0.3, 0.4) is 0 Å². The summed E-state index contributed by atoms with van der Waals surface area (Å²) >= 11 is 0. The highest BCUT2D eigenvalue weighted by Gasteiger charge is 2.27. The van der Waals surface area contributed by atoms with E-state index in [1.54, 1.807) is 0 Å². The molecule has 8 nitrogen and oxygen atoms in total. The molecule has 9 heteroatoms. The van der Waals surface area contributed by atoms with Crippen molar-refractivity contribution in [3.8, 4) is 0 Å². The summed E-state index contributed by atoms with van der Waals surface area (Å²) in [6.07, 6.45) is 0.978. The molecule has 0 bridgehead atoms. The van der Waals surface area contributed by atoms with Crippen LogP contribution in [0.4, 0.5) is 0 Å². The van der Waals surface area contributed by atoms with Crippen LogP contribution in [0.1, 0.15) is 40.0 Å². The van der Waals surface area contributed by atoms with Gasteiger partial charge in [-0.15, -0.1) is 0 Å². The number of phosphoric acid groups is 1. The maximum Gasteiger partial charge on any atom is 0.474 e. The molecule has 0 rings (SSSR count). The van der Waals surface area contributed by atoms with Crippen LogP contribution in [0.5, 0.6) is 0 Å². The summed E-state index contributed by atoms with van der Waals surface area (Å²) in [6, 6.07) is 0. The molecule has 136 valence electrons. The lowest BCUT2D eigenvalue weighted by atomic mass is 10.2. The van der Waals surface area contributed by atoms with Gasteiger partial charge in [0, 0.05) is 27.1 Å². The van der Waals surface area contributed by atoms with E-state index in [0.717, 1.165) is 0 Å². The minimum absolute atomic E-state index is 0.0487. The lowest BCUT2D eigenvalue weighted by Gasteiger charge is -2.21. The Morgan fingerprint density at radius 2 is 1.78 bits per heavy atom. The van der Waals surface area contributed by atoms with Crippen molar-refractivity contribution < 1.29 is 37.2 Å². The van der Waals surface area contributed by atoms with Crippen LogP contribution >= 0.6 is 7.82 Å². The maximum absolute atomic E-state index is 12.1. The van der Waals surface area contributed by atoms with Crippen molar-refractivity contribution in [3.05, 3.63) is 0 Å². The van der Waals surface area contributed by atoms with Crippen molar-refractivity contribution in [2.75, 3.05) is 33.5 Å². The molecule has 0 saturated carbocycles. The van der Waals surface area contributed by atoms with Gasteiger partial charge in [-0.25, -0.2) is 4.57 Å². The number of ether oxygens (including phenoxy) is 2. The van der Waals surface area contributed by atoms with Crippen molar-refractivity contribution in [1.82, 2.24) is 0 Å². The van der Waals surface area contributed by atoms with E-state index in [4.69, 9.17) is 23.0 Å². The number of carbonyl (C=O) groups excluding carboxylic acids is 2. The quantitative estimate of drug-likeness (QED) is 0.267. The second-order valence-corrected chi connectivity index (χ2v) is 6.64. The summed E-state index contributed by atoms with van der Waals surface area (Å²) in [5.41, 5.74) is 0. The Balaban J connectivity index is 4.39. The Hall–Kier alpha value is -0.790. The number of phosphoric ester groups is 1. The predicted octanol–water partition coefficient (Wildman–Crippen LogP) is 2.50. The summed E-state index contributed by atoms with van der Waals surface area (Å²) in [6.45, 7) is 5.00. The van der Waals surface area contributed by atoms with Crippen LogP contribution in [-0.2, 0) is 37.2 Å². The van der Waals surface area contributed by atoms with Crippen molar-refractivity contribution >= 4 is 19.6 Å². The standard InChI is InChI=1S/C14H27O8P/c1-5-8-21-23(17,18-4)22-11-14(10-20-13(3)16)19-9-6-7-12(2)15/h14H,5-11H2,1-4H3/t14-,23?/m1/s1. The van der Waals surface area contributed by atoms with Crippen molar-refractivity contribution in [2.24, 2.45) is 0 Å². The van der Waals surface area contributed by atoms with E-state index in [-0.39, 0.29) is 25.6 Å². The van der Waals surface area contributed by atoms with Crippen LogP contribution in [0.15, 0.2) is 0 Å². The third-order valence-electron chi connectivity index (χ3n) is 2.59. The van der Waals surface area contributed by atoms with Crippen LogP contribution < -0.4 is 0 Å². The zero-order valence-corrected chi connectivity index (χ0v) is 15.1. The third kappa shape index (κ3) is 12.3. The molecule has 0 amide bonds. The highest BCUT2D eigenvalue weighted by atomic mass is 31.2. The molecular formula is C14H27O8P. The number of rotatable bonds is 14. The van der Waals surface area contributed by atoms with E-state index in [2.05, 4.69) is 0 Å².